The molecule has 0 saturated carbocycles. The molecule has 2 rings (SSSR count). The molecule has 0 aliphatic carbocycles. The molecule has 3 N–H and O–H groups in total. The van der Waals surface area contributed by atoms with E-state index >= 15 is 0 Å². The number of nitrogens with one attached hydrogen (secondary N) is 1. The molecule has 1 saturated heterocycles. The summed E-state index contributed by atoms with van der Waals surface area (Å²) in [5, 5.41) is 2.89. The number of rotatable bonds is 5. The molecule has 2 atom stereocenters. The van der Waals surface area contributed by atoms with E-state index in [0.29, 0.717) is 25.2 Å². The van der Waals surface area contributed by atoms with Crippen LogP contribution in [0.15, 0.2) is 30.3 Å². The molecule has 0 aromatic heterocycles. The molecular formula is C18H27N3O2. The van der Waals surface area contributed by atoms with E-state index in [1.54, 1.807) is 12.1 Å². The zero-order chi connectivity index (χ0) is 17.0. The highest BCUT2D eigenvalue weighted by molar-refractivity contribution is 5.97. The Bertz CT molecular complexity index is 559. The van der Waals surface area contributed by atoms with E-state index in [1.807, 2.05) is 36.9 Å². The third-order valence-electron chi connectivity index (χ3n) is 4.62. The summed E-state index contributed by atoms with van der Waals surface area (Å²) in [5.41, 5.74) is 6.37. The maximum atomic E-state index is 12.8. The molecule has 5 heteroatoms. The van der Waals surface area contributed by atoms with Crippen LogP contribution in [0.5, 0.6) is 0 Å². The fourth-order valence-corrected chi connectivity index (χ4v) is 2.90. The highest BCUT2D eigenvalue weighted by atomic mass is 16.2. The third-order valence-corrected chi connectivity index (χ3v) is 4.62. The molecule has 1 aromatic rings. The second kappa shape index (κ2) is 7.13. The number of nitrogens with zero attached hydrogens (tertiary/aromatic N) is 1. The van der Waals surface area contributed by atoms with E-state index in [-0.39, 0.29) is 23.1 Å². The molecule has 1 heterocycles. The molecule has 0 radical (unpaired) electrons. The molecule has 0 spiro atoms. The molecule has 1 aliphatic heterocycles. The highest BCUT2D eigenvalue weighted by Crippen LogP contribution is 2.29. The smallest absolute Gasteiger partial charge is 0.251 e. The lowest BCUT2D eigenvalue weighted by Gasteiger charge is -2.28. The van der Waals surface area contributed by atoms with E-state index in [2.05, 4.69) is 12.2 Å². The number of likely N-dealkylation sites (tertiary alicyclic amines) is 1. The van der Waals surface area contributed by atoms with E-state index < -0.39 is 6.04 Å². The minimum absolute atomic E-state index is 0.0125. The van der Waals surface area contributed by atoms with Crippen LogP contribution in [-0.4, -0.2) is 42.4 Å². The van der Waals surface area contributed by atoms with Gasteiger partial charge in [0.25, 0.3) is 5.91 Å². The molecule has 23 heavy (non-hydrogen) atoms. The maximum Gasteiger partial charge on any atom is 0.251 e. The van der Waals surface area contributed by atoms with Crippen LogP contribution in [0.2, 0.25) is 0 Å². The molecule has 1 aliphatic rings. The number of carbonyl (C=O) groups is 2. The lowest BCUT2D eigenvalue weighted by molar-refractivity contribution is -0.133. The summed E-state index contributed by atoms with van der Waals surface area (Å²) in [7, 11) is 0. The predicted molar refractivity (Wildman–Crippen MR) is 90.9 cm³/mol. The highest BCUT2D eigenvalue weighted by Gasteiger charge is 2.38. The second-order valence-electron chi connectivity index (χ2n) is 7.09. The van der Waals surface area contributed by atoms with E-state index in [4.69, 9.17) is 5.73 Å². The first-order chi connectivity index (χ1) is 10.9. The normalized spacial score (nSPS) is 22.2. The molecule has 1 fully saturated rings. The standard InChI is InChI=1S/C18H27N3O2/c1-13(2)15(20-16(22)14-7-5-4-6-8-14)17(23)21-10-9-18(3,11-19)12-21/h4-8,13,15H,9-12,19H2,1-3H3,(H,20,22). The van der Waals surface area contributed by atoms with Gasteiger partial charge in [-0.05, 0) is 36.4 Å². The third kappa shape index (κ3) is 4.10. The van der Waals surface area contributed by atoms with Crippen LogP contribution in [0, 0.1) is 11.3 Å². The van der Waals surface area contributed by atoms with Gasteiger partial charge in [-0.2, -0.15) is 0 Å². The summed E-state index contributed by atoms with van der Waals surface area (Å²) in [6, 6.07) is 8.47. The predicted octanol–water partition coefficient (Wildman–Crippen LogP) is 1.64. The van der Waals surface area contributed by atoms with Crippen LogP contribution < -0.4 is 11.1 Å². The van der Waals surface area contributed by atoms with Crippen molar-refractivity contribution in [1.29, 1.82) is 0 Å². The average Bonchev–Trinajstić information content (AvgIpc) is 2.95. The topological polar surface area (TPSA) is 75.4 Å². The molecule has 2 unspecified atom stereocenters. The van der Waals surface area contributed by atoms with Crippen molar-refractivity contribution in [3.63, 3.8) is 0 Å². The lowest BCUT2D eigenvalue weighted by atomic mass is 9.90. The van der Waals surface area contributed by atoms with Crippen molar-refractivity contribution in [1.82, 2.24) is 10.2 Å². The molecule has 126 valence electrons. The van der Waals surface area contributed by atoms with Crippen molar-refractivity contribution in [2.45, 2.75) is 33.2 Å². The summed E-state index contributed by atoms with van der Waals surface area (Å²) < 4.78 is 0. The van der Waals surface area contributed by atoms with Crippen molar-refractivity contribution < 1.29 is 9.59 Å². The minimum Gasteiger partial charge on any atom is -0.340 e. The van der Waals surface area contributed by atoms with Gasteiger partial charge in [0.1, 0.15) is 6.04 Å². The number of amides is 2. The quantitative estimate of drug-likeness (QED) is 0.867. The Morgan fingerprint density at radius 1 is 1.30 bits per heavy atom. The van der Waals surface area contributed by atoms with Gasteiger partial charge in [-0.15, -0.1) is 0 Å². The fourth-order valence-electron chi connectivity index (χ4n) is 2.90. The van der Waals surface area contributed by atoms with Gasteiger partial charge in [-0.25, -0.2) is 0 Å². The Hall–Kier alpha value is -1.88. The van der Waals surface area contributed by atoms with Gasteiger partial charge in [-0.3, -0.25) is 9.59 Å². The summed E-state index contributed by atoms with van der Waals surface area (Å²) in [6.07, 6.45) is 0.909. The van der Waals surface area contributed by atoms with Crippen molar-refractivity contribution in [2.75, 3.05) is 19.6 Å². The zero-order valence-corrected chi connectivity index (χ0v) is 14.2. The Kier molecular flexibility index (Phi) is 5.42. The summed E-state index contributed by atoms with van der Waals surface area (Å²) in [5.74, 6) is -0.195. The first kappa shape index (κ1) is 17.5. The summed E-state index contributed by atoms with van der Waals surface area (Å²) >= 11 is 0. The number of benzene rings is 1. The molecular weight excluding hydrogens is 290 g/mol. The average molecular weight is 317 g/mol. The van der Waals surface area contributed by atoms with Crippen LogP contribution in [0.1, 0.15) is 37.6 Å². The molecule has 0 bridgehead atoms. The van der Waals surface area contributed by atoms with Crippen LogP contribution >= 0.6 is 0 Å². The van der Waals surface area contributed by atoms with E-state index in [1.165, 1.54) is 0 Å². The van der Waals surface area contributed by atoms with Crippen LogP contribution in [0.3, 0.4) is 0 Å². The summed E-state index contributed by atoms with van der Waals surface area (Å²) in [6.45, 7) is 7.94. The summed E-state index contributed by atoms with van der Waals surface area (Å²) in [4.78, 5) is 27.0. The van der Waals surface area contributed by atoms with Crippen LogP contribution in [-0.2, 0) is 4.79 Å². The van der Waals surface area contributed by atoms with Gasteiger partial charge in [0.15, 0.2) is 0 Å². The van der Waals surface area contributed by atoms with Crippen LogP contribution in [0.4, 0.5) is 0 Å². The Morgan fingerprint density at radius 3 is 2.48 bits per heavy atom. The van der Waals surface area contributed by atoms with Crippen molar-refractivity contribution in [3.8, 4) is 0 Å². The molecule has 1 aromatic carbocycles. The molecule has 2 amide bonds. The lowest BCUT2D eigenvalue weighted by Crippen LogP contribution is -2.51. The SMILES string of the molecule is CC(C)C(NC(=O)c1ccccc1)C(=O)N1CCC(C)(CN)C1. The minimum atomic E-state index is -0.511. The van der Waals surface area contributed by atoms with Gasteiger partial charge < -0.3 is 16.0 Å². The van der Waals surface area contributed by atoms with E-state index in [9.17, 15) is 9.59 Å². The number of carbonyl (C=O) groups excluding carboxylic acids is 2. The largest absolute Gasteiger partial charge is 0.340 e. The first-order valence-corrected chi connectivity index (χ1v) is 8.21. The Balaban J connectivity index is 2.07. The van der Waals surface area contributed by atoms with Crippen LogP contribution in [0.25, 0.3) is 0 Å². The first-order valence-electron chi connectivity index (χ1n) is 8.21. The monoisotopic (exact) mass is 317 g/mol. The zero-order valence-electron chi connectivity index (χ0n) is 14.2. The van der Waals surface area contributed by atoms with Gasteiger partial charge in [-0.1, -0.05) is 39.0 Å². The van der Waals surface area contributed by atoms with Crippen molar-refractivity contribution >= 4 is 11.8 Å². The number of hydrogen-bond acceptors (Lipinski definition) is 3. The van der Waals surface area contributed by atoms with Gasteiger partial charge in [0.2, 0.25) is 5.91 Å². The van der Waals surface area contributed by atoms with Crippen molar-refractivity contribution in [3.05, 3.63) is 35.9 Å². The number of hydrogen-bond donors (Lipinski definition) is 2. The van der Waals surface area contributed by atoms with Gasteiger partial charge in [0.05, 0.1) is 0 Å². The fraction of sp³-hybridized carbons (Fsp3) is 0.556. The second-order valence-corrected chi connectivity index (χ2v) is 7.09. The Labute approximate surface area is 138 Å². The number of nitrogens with two attached hydrogens (primary N) is 1. The van der Waals surface area contributed by atoms with Crippen molar-refractivity contribution in [2.24, 2.45) is 17.1 Å². The molecule has 5 nitrogen and oxygen atoms in total. The van der Waals surface area contributed by atoms with Gasteiger partial charge in [0, 0.05) is 18.7 Å². The van der Waals surface area contributed by atoms with E-state index in [0.717, 1.165) is 6.42 Å². The van der Waals surface area contributed by atoms with Gasteiger partial charge >= 0.3 is 0 Å². The Morgan fingerprint density at radius 2 is 1.96 bits per heavy atom. The maximum absolute atomic E-state index is 12.8.